The molecular weight excluding hydrogens is 341 g/mol. The third-order valence-corrected chi connectivity index (χ3v) is 5.80. The summed E-state index contributed by atoms with van der Waals surface area (Å²) in [5.41, 5.74) is 0.795. The number of rotatable bonds is 3. The Morgan fingerprint density at radius 3 is 2.65 bits per heavy atom. The van der Waals surface area contributed by atoms with E-state index < -0.39 is 15.8 Å². The highest BCUT2D eigenvalue weighted by molar-refractivity contribution is 7.92. The maximum Gasteiger partial charge on any atom is 0.239 e. The Balaban J connectivity index is 2.00. The summed E-state index contributed by atoms with van der Waals surface area (Å²) < 4.78 is 40.0. The molecule has 0 atom stereocenters. The average molecular weight is 354 g/mol. The molecule has 2 aromatic carbocycles. The number of halogens is 2. The topological polar surface area (TPSA) is 54.5 Å². The smallest absolute Gasteiger partial charge is 0.239 e. The monoisotopic (exact) mass is 353 g/mol. The lowest BCUT2D eigenvalue weighted by Gasteiger charge is -2.29. The number of anilines is 1. The van der Waals surface area contributed by atoms with Crippen LogP contribution in [-0.4, -0.2) is 20.7 Å². The number of benzene rings is 2. The van der Waals surface area contributed by atoms with Gasteiger partial charge in [-0.2, -0.15) is 0 Å². The van der Waals surface area contributed by atoms with Gasteiger partial charge in [-0.1, -0.05) is 29.8 Å². The molecule has 0 unspecified atom stereocenters. The molecule has 0 spiro atoms. The Kier molecular flexibility index (Phi) is 4.12. The number of Topliss-reactive ketones (excluding diaryl/α,β-unsaturated/α-hetero) is 1. The Morgan fingerprint density at radius 2 is 1.91 bits per heavy atom. The highest BCUT2D eigenvalue weighted by Gasteiger charge is 2.31. The molecule has 1 aliphatic rings. The van der Waals surface area contributed by atoms with Gasteiger partial charge in [0.05, 0.1) is 11.4 Å². The molecule has 0 aliphatic carbocycles. The van der Waals surface area contributed by atoms with Crippen LogP contribution >= 0.6 is 11.6 Å². The van der Waals surface area contributed by atoms with Crippen molar-refractivity contribution >= 4 is 33.1 Å². The number of fused-ring (bicyclic) bond motifs is 1. The summed E-state index contributed by atoms with van der Waals surface area (Å²) in [6, 6.07) is 10.2. The third-order valence-electron chi connectivity index (χ3n) is 3.70. The van der Waals surface area contributed by atoms with Crippen molar-refractivity contribution < 1.29 is 17.6 Å². The normalized spacial score (nSPS) is 14.7. The first-order valence-electron chi connectivity index (χ1n) is 6.95. The fourth-order valence-electron chi connectivity index (χ4n) is 2.59. The van der Waals surface area contributed by atoms with Gasteiger partial charge in [-0.05, 0) is 29.8 Å². The SMILES string of the molecule is O=C1CCN(S(=O)(=O)Cc2ccccc2Cl)c2ccc(F)cc21. The summed E-state index contributed by atoms with van der Waals surface area (Å²) in [5.74, 6) is -1.11. The highest BCUT2D eigenvalue weighted by atomic mass is 35.5. The van der Waals surface area contributed by atoms with E-state index in [1.807, 2.05) is 0 Å². The molecule has 0 saturated heterocycles. The van der Waals surface area contributed by atoms with E-state index in [1.54, 1.807) is 24.3 Å². The number of hydrogen-bond donors (Lipinski definition) is 0. The summed E-state index contributed by atoms with van der Waals surface area (Å²) in [6.45, 7) is 0.0459. The molecular formula is C16H13ClFNO3S. The lowest BCUT2D eigenvalue weighted by atomic mass is 10.0. The van der Waals surface area contributed by atoms with E-state index in [9.17, 15) is 17.6 Å². The first-order valence-corrected chi connectivity index (χ1v) is 8.94. The molecule has 23 heavy (non-hydrogen) atoms. The summed E-state index contributed by atoms with van der Waals surface area (Å²) >= 11 is 6.03. The molecule has 2 aromatic rings. The van der Waals surface area contributed by atoms with E-state index in [0.29, 0.717) is 10.6 Å². The summed E-state index contributed by atoms with van der Waals surface area (Å²) in [4.78, 5) is 11.9. The number of nitrogens with zero attached hydrogens (tertiary/aromatic N) is 1. The zero-order valence-electron chi connectivity index (χ0n) is 12.0. The summed E-state index contributed by atoms with van der Waals surface area (Å²) in [6.07, 6.45) is 0.0260. The van der Waals surface area contributed by atoms with Crippen LogP contribution in [0, 0.1) is 5.82 Å². The first kappa shape index (κ1) is 16.0. The van der Waals surface area contributed by atoms with Gasteiger partial charge in [0.1, 0.15) is 5.82 Å². The maximum atomic E-state index is 13.4. The quantitative estimate of drug-likeness (QED) is 0.849. The van der Waals surface area contributed by atoms with Crippen LogP contribution in [0.4, 0.5) is 10.1 Å². The Hall–Kier alpha value is -1.92. The minimum atomic E-state index is -3.73. The molecule has 1 aliphatic heterocycles. The van der Waals surface area contributed by atoms with Crippen molar-refractivity contribution in [3.8, 4) is 0 Å². The molecule has 120 valence electrons. The summed E-state index contributed by atoms with van der Waals surface area (Å²) in [7, 11) is -3.73. The summed E-state index contributed by atoms with van der Waals surface area (Å²) in [5, 5.41) is 0.364. The van der Waals surface area contributed by atoms with E-state index in [-0.39, 0.29) is 35.8 Å². The minimum absolute atomic E-state index is 0.0260. The van der Waals surface area contributed by atoms with Gasteiger partial charge >= 0.3 is 0 Å². The van der Waals surface area contributed by atoms with Gasteiger partial charge in [0.25, 0.3) is 0 Å². The Labute approximate surface area is 138 Å². The number of carbonyl (C=O) groups excluding carboxylic acids is 1. The molecule has 7 heteroatoms. The second-order valence-corrected chi connectivity index (χ2v) is 7.55. The zero-order chi connectivity index (χ0) is 16.6. The lowest BCUT2D eigenvalue weighted by Crippen LogP contribution is -2.38. The molecule has 0 aromatic heterocycles. The van der Waals surface area contributed by atoms with Crippen LogP contribution in [0.5, 0.6) is 0 Å². The van der Waals surface area contributed by atoms with E-state index in [0.717, 1.165) is 16.4 Å². The standard InChI is InChI=1S/C16H13ClFNO3S/c17-14-4-2-1-3-11(14)10-23(21,22)19-8-7-16(20)13-9-12(18)5-6-15(13)19/h1-6,9H,7-8,10H2. The first-order chi connectivity index (χ1) is 10.9. The molecule has 0 fully saturated rings. The number of ketones is 1. The fourth-order valence-corrected chi connectivity index (χ4v) is 4.50. The lowest BCUT2D eigenvalue weighted by molar-refractivity contribution is 0.0981. The van der Waals surface area contributed by atoms with Gasteiger partial charge in [0.15, 0.2) is 5.78 Å². The number of sulfonamides is 1. The molecule has 3 rings (SSSR count). The Bertz CT molecular complexity index is 883. The average Bonchev–Trinajstić information content (AvgIpc) is 2.50. The van der Waals surface area contributed by atoms with Crippen LogP contribution in [0.1, 0.15) is 22.3 Å². The largest absolute Gasteiger partial charge is 0.294 e. The minimum Gasteiger partial charge on any atom is -0.294 e. The number of hydrogen-bond acceptors (Lipinski definition) is 3. The molecule has 0 saturated carbocycles. The molecule has 4 nitrogen and oxygen atoms in total. The molecule has 0 amide bonds. The molecule has 0 radical (unpaired) electrons. The van der Waals surface area contributed by atoms with Crippen LogP contribution in [0.15, 0.2) is 42.5 Å². The highest BCUT2D eigenvalue weighted by Crippen LogP contribution is 2.31. The van der Waals surface area contributed by atoms with Crippen LogP contribution in [0.2, 0.25) is 5.02 Å². The van der Waals surface area contributed by atoms with E-state index in [2.05, 4.69) is 0 Å². The van der Waals surface area contributed by atoms with Crippen LogP contribution in [0.3, 0.4) is 0 Å². The van der Waals surface area contributed by atoms with Crippen LogP contribution in [-0.2, 0) is 15.8 Å². The van der Waals surface area contributed by atoms with Crippen molar-refractivity contribution in [3.05, 3.63) is 64.4 Å². The third kappa shape index (κ3) is 3.09. The number of carbonyl (C=O) groups is 1. The van der Waals surface area contributed by atoms with E-state index in [4.69, 9.17) is 11.6 Å². The van der Waals surface area contributed by atoms with E-state index >= 15 is 0 Å². The van der Waals surface area contributed by atoms with Crippen LogP contribution < -0.4 is 4.31 Å². The van der Waals surface area contributed by atoms with Gasteiger partial charge in [-0.3, -0.25) is 9.10 Å². The van der Waals surface area contributed by atoms with E-state index in [1.165, 1.54) is 6.07 Å². The van der Waals surface area contributed by atoms with Crippen LogP contribution in [0.25, 0.3) is 0 Å². The zero-order valence-corrected chi connectivity index (χ0v) is 13.6. The Morgan fingerprint density at radius 1 is 1.17 bits per heavy atom. The fraction of sp³-hybridized carbons (Fsp3) is 0.188. The second kappa shape index (κ2) is 5.94. The van der Waals surface area contributed by atoms with Gasteiger partial charge in [0.2, 0.25) is 10.0 Å². The van der Waals surface area contributed by atoms with Gasteiger partial charge in [-0.15, -0.1) is 0 Å². The van der Waals surface area contributed by atoms with Crippen molar-refractivity contribution in [2.75, 3.05) is 10.8 Å². The van der Waals surface area contributed by atoms with Gasteiger partial charge in [0, 0.05) is 23.6 Å². The van der Waals surface area contributed by atoms with Crippen molar-refractivity contribution in [3.63, 3.8) is 0 Å². The predicted octanol–water partition coefficient (Wildman–Crippen LogP) is 3.40. The van der Waals surface area contributed by atoms with Gasteiger partial charge < -0.3 is 0 Å². The predicted molar refractivity (Wildman–Crippen MR) is 86.8 cm³/mol. The van der Waals surface area contributed by atoms with Crippen molar-refractivity contribution in [2.24, 2.45) is 0 Å². The van der Waals surface area contributed by atoms with Crippen molar-refractivity contribution in [1.82, 2.24) is 0 Å². The van der Waals surface area contributed by atoms with Crippen molar-refractivity contribution in [2.45, 2.75) is 12.2 Å². The molecule has 1 heterocycles. The molecule has 0 N–H and O–H groups in total. The maximum absolute atomic E-state index is 13.4. The second-order valence-electron chi connectivity index (χ2n) is 5.25. The molecule has 0 bridgehead atoms. The van der Waals surface area contributed by atoms with Crippen molar-refractivity contribution in [1.29, 1.82) is 0 Å². The van der Waals surface area contributed by atoms with Gasteiger partial charge in [-0.25, -0.2) is 12.8 Å².